The summed E-state index contributed by atoms with van der Waals surface area (Å²) in [5.41, 5.74) is 4.40. The van der Waals surface area contributed by atoms with Crippen LogP contribution in [0.25, 0.3) is 11.3 Å². The minimum Gasteiger partial charge on any atom is -0.355 e. The summed E-state index contributed by atoms with van der Waals surface area (Å²) in [7, 11) is 3.48. The first-order valence-corrected chi connectivity index (χ1v) is 12.4. The average Bonchev–Trinajstić information content (AvgIpc) is 3.45. The van der Waals surface area contributed by atoms with Gasteiger partial charge in [0.2, 0.25) is 10.0 Å². The molecule has 3 aromatic rings. The quantitative estimate of drug-likeness (QED) is 0.511. The van der Waals surface area contributed by atoms with E-state index in [9.17, 15) is 8.42 Å². The van der Waals surface area contributed by atoms with Crippen LogP contribution in [0.15, 0.2) is 59.9 Å². The molecule has 0 aliphatic heterocycles. The van der Waals surface area contributed by atoms with Gasteiger partial charge < -0.3 is 9.88 Å². The maximum atomic E-state index is 12.3. The molecule has 0 saturated heterocycles. The summed E-state index contributed by atoms with van der Waals surface area (Å²) >= 11 is 0. The molecule has 1 fully saturated rings. The van der Waals surface area contributed by atoms with Crippen LogP contribution in [-0.2, 0) is 14.9 Å². The summed E-state index contributed by atoms with van der Waals surface area (Å²) in [4.78, 5) is 4.68. The smallest absolute Gasteiger partial charge is 0.240 e. The Morgan fingerprint density at radius 1 is 1.13 bits per heavy atom. The van der Waals surface area contributed by atoms with E-state index < -0.39 is 10.0 Å². The minimum atomic E-state index is -3.55. The van der Waals surface area contributed by atoms with Gasteiger partial charge in [-0.25, -0.2) is 18.1 Å². The van der Waals surface area contributed by atoms with Crippen LogP contribution in [0.1, 0.15) is 31.4 Å². The molecule has 1 aliphatic carbocycles. The van der Waals surface area contributed by atoms with E-state index in [1.54, 1.807) is 18.2 Å². The van der Waals surface area contributed by atoms with Gasteiger partial charge in [-0.15, -0.1) is 18.5 Å². The molecular formula is C21H26N4O2P2S. The third kappa shape index (κ3) is 4.60. The standard InChI is InChI=1S/C21H26N4O2P2S/c1-21(28,29)14-3-5-15(6-4-14)24-19-10-9-17(30(26,27)22-2)11-18(19)20-12-25(13-23-20)16-7-8-16/h3-6,9-13,16,22,24H,7-8,28-29H2,1-2H3. The highest BCUT2D eigenvalue weighted by Crippen LogP contribution is 2.39. The Morgan fingerprint density at radius 2 is 1.83 bits per heavy atom. The molecule has 30 heavy (non-hydrogen) atoms. The second kappa shape index (κ2) is 8.05. The van der Waals surface area contributed by atoms with Gasteiger partial charge in [-0.1, -0.05) is 12.1 Å². The fraction of sp³-hybridized carbons (Fsp3) is 0.286. The predicted octanol–water partition coefficient (Wildman–Crippen LogP) is 4.46. The van der Waals surface area contributed by atoms with Crippen LogP contribution in [0.5, 0.6) is 0 Å². The van der Waals surface area contributed by atoms with Crippen LogP contribution in [0.4, 0.5) is 11.4 Å². The monoisotopic (exact) mass is 460 g/mol. The van der Waals surface area contributed by atoms with Crippen molar-refractivity contribution < 1.29 is 8.42 Å². The van der Waals surface area contributed by atoms with Crippen molar-refractivity contribution in [2.75, 3.05) is 12.4 Å². The lowest BCUT2D eigenvalue weighted by molar-refractivity contribution is 0.588. The largest absolute Gasteiger partial charge is 0.355 e. The molecule has 2 atom stereocenters. The Hall–Kier alpha value is -1.78. The van der Waals surface area contributed by atoms with Gasteiger partial charge in [0.15, 0.2) is 0 Å². The van der Waals surface area contributed by atoms with Crippen LogP contribution >= 0.6 is 18.5 Å². The van der Waals surface area contributed by atoms with Gasteiger partial charge in [-0.05, 0) is 62.7 Å². The number of nitrogens with zero attached hydrogens (tertiary/aromatic N) is 2. The second-order valence-electron chi connectivity index (χ2n) is 7.84. The number of anilines is 2. The summed E-state index contributed by atoms with van der Waals surface area (Å²) in [5.74, 6) is 0. The van der Waals surface area contributed by atoms with Gasteiger partial charge in [0, 0.05) is 34.1 Å². The van der Waals surface area contributed by atoms with E-state index in [1.165, 1.54) is 12.6 Å². The number of imidazole rings is 1. The lowest BCUT2D eigenvalue weighted by Gasteiger charge is -2.19. The fourth-order valence-electron chi connectivity index (χ4n) is 3.25. The molecule has 4 rings (SSSR count). The molecule has 0 spiro atoms. The van der Waals surface area contributed by atoms with Crippen LogP contribution < -0.4 is 10.0 Å². The Kier molecular flexibility index (Phi) is 5.75. The molecule has 1 heterocycles. The molecule has 0 bridgehead atoms. The molecule has 2 N–H and O–H groups in total. The van der Waals surface area contributed by atoms with Gasteiger partial charge in [-0.3, -0.25) is 0 Å². The Balaban J connectivity index is 1.72. The zero-order chi connectivity index (χ0) is 21.5. The molecule has 158 valence electrons. The average molecular weight is 460 g/mol. The summed E-state index contributed by atoms with van der Waals surface area (Å²) in [6.07, 6.45) is 6.13. The lowest BCUT2D eigenvalue weighted by Crippen LogP contribution is -2.18. The van der Waals surface area contributed by atoms with E-state index >= 15 is 0 Å². The van der Waals surface area contributed by atoms with Gasteiger partial charge in [0.25, 0.3) is 0 Å². The lowest BCUT2D eigenvalue weighted by atomic mass is 10.1. The molecular weight excluding hydrogens is 434 g/mol. The summed E-state index contributed by atoms with van der Waals surface area (Å²) in [6.45, 7) is 2.11. The maximum absolute atomic E-state index is 12.3. The Labute approximate surface area is 182 Å². The third-order valence-electron chi connectivity index (χ3n) is 5.20. The van der Waals surface area contributed by atoms with Crippen molar-refractivity contribution in [2.24, 2.45) is 0 Å². The minimum absolute atomic E-state index is 0.0809. The number of hydrogen-bond donors (Lipinski definition) is 2. The van der Waals surface area contributed by atoms with Crippen molar-refractivity contribution in [2.45, 2.75) is 35.6 Å². The highest BCUT2D eigenvalue weighted by atomic mass is 32.2. The van der Waals surface area contributed by atoms with Crippen LogP contribution in [0, 0.1) is 0 Å². The molecule has 2 aromatic carbocycles. The number of benzene rings is 2. The molecule has 1 saturated carbocycles. The molecule has 0 amide bonds. The number of rotatable bonds is 7. The SMILES string of the molecule is CNS(=O)(=O)c1ccc(Nc2ccc(C(C)(P)P)cc2)c(-c2cn(C3CC3)cn2)c1. The topological polar surface area (TPSA) is 76.0 Å². The van der Waals surface area contributed by atoms with Crippen molar-refractivity contribution in [3.8, 4) is 11.3 Å². The predicted molar refractivity (Wildman–Crippen MR) is 129 cm³/mol. The molecule has 6 nitrogen and oxygen atoms in total. The molecule has 1 aliphatic rings. The van der Waals surface area contributed by atoms with Crippen LogP contribution in [-0.4, -0.2) is 25.0 Å². The third-order valence-corrected chi connectivity index (χ3v) is 7.28. The van der Waals surface area contributed by atoms with Crippen molar-refractivity contribution in [1.29, 1.82) is 0 Å². The van der Waals surface area contributed by atoms with E-state index in [1.807, 2.05) is 24.7 Å². The van der Waals surface area contributed by atoms with Crippen molar-refractivity contribution in [3.05, 3.63) is 60.6 Å². The molecule has 1 aromatic heterocycles. The van der Waals surface area contributed by atoms with E-state index in [-0.39, 0.29) is 9.79 Å². The number of nitrogens with one attached hydrogen (secondary N) is 2. The van der Waals surface area contributed by atoms with E-state index in [2.05, 4.69) is 57.1 Å². The van der Waals surface area contributed by atoms with Gasteiger partial charge in [0.1, 0.15) is 0 Å². The molecule has 0 radical (unpaired) electrons. The highest BCUT2D eigenvalue weighted by Gasteiger charge is 2.24. The zero-order valence-corrected chi connectivity index (χ0v) is 20.1. The first-order chi connectivity index (χ1) is 14.2. The summed E-state index contributed by atoms with van der Waals surface area (Å²) in [5, 5.41) is 3.42. The van der Waals surface area contributed by atoms with Crippen molar-refractivity contribution in [3.63, 3.8) is 0 Å². The fourth-order valence-corrected chi connectivity index (χ4v) is 4.39. The summed E-state index contributed by atoms with van der Waals surface area (Å²) < 4.78 is 29.2. The van der Waals surface area contributed by atoms with E-state index in [4.69, 9.17) is 0 Å². The van der Waals surface area contributed by atoms with Crippen molar-refractivity contribution >= 4 is 39.9 Å². The van der Waals surface area contributed by atoms with Gasteiger partial charge in [-0.2, -0.15) is 0 Å². The first-order valence-electron chi connectivity index (χ1n) is 9.74. The first kappa shape index (κ1) is 21.5. The van der Waals surface area contributed by atoms with Crippen LogP contribution in [0.2, 0.25) is 0 Å². The van der Waals surface area contributed by atoms with E-state index in [0.717, 1.165) is 35.5 Å². The van der Waals surface area contributed by atoms with E-state index in [0.29, 0.717) is 6.04 Å². The normalized spacial score (nSPS) is 14.7. The second-order valence-corrected chi connectivity index (χ2v) is 12.8. The summed E-state index contributed by atoms with van der Waals surface area (Å²) in [6, 6.07) is 13.8. The van der Waals surface area contributed by atoms with Crippen molar-refractivity contribution in [1.82, 2.24) is 14.3 Å². The number of hydrogen-bond acceptors (Lipinski definition) is 4. The number of aromatic nitrogens is 2. The van der Waals surface area contributed by atoms with Gasteiger partial charge in [0.05, 0.1) is 16.9 Å². The van der Waals surface area contributed by atoms with Gasteiger partial charge >= 0.3 is 0 Å². The zero-order valence-electron chi connectivity index (χ0n) is 17.0. The number of sulfonamides is 1. The Bertz CT molecular complexity index is 1160. The van der Waals surface area contributed by atoms with Crippen LogP contribution in [0.3, 0.4) is 0 Å². The molecule has 2 unspecified atom stereocenters. The molecule has 9 heteroatoms. The Morgan fingerprint density at radius 3 is 2.43 bits per heavy atom. The maximum Gasteiger partial charge on any atom is 0.240 e. The highest BCUT2D eigenvalue weighted by molar-refractivity contribution is 7.89.